The molecule has 0 aliphatic heterocycles. The number of hydrogen-bond acceptors (Lipinski definition) is 4. The van der Waals surface area contributed by atoms with Gasteiger partial charge in [-0.1, -0.05) is 13.3 Å². The van der Waals surface area contributed by atoms with Crippen molar-refractivity contribution in [2.45, 2.75) is 32.4 Å². The van der Waals surface area contributed by atoms with Crippen LogP contribution in [0.15, 0.2) is 18.5 Å². The minimum atomic E-state index is -0.974. The number of aliphatic hydroxyl groups excluding tert-OH is 1. The fourth-order valence-corrected chi connectivity index (χ4v) is 1.85. The third-order valence-electron chi connectivity index (χ3n) is 2.64. The van der Waals surface area contributed by atoms with Crippen LogP contribution in [0.1, 0.15) is 35.7 Å². The van der Waals surface area contributed by atoms with Gasteiger partial charge < -0.3 is 10.2 Å². The van der Waals surface area contributed by atoms with Crippen molar-refractivity contribution >= 4 is 5.97 Å². The summed E-state index contributed by atoms with van der Waals surface area (Å²) in [5.41, 5.74) is 1.02. The van der Waals surface area contributed by atoms with E-state index in [0.717, 1.165) is 18.4 Å². The predicted octanol–water partition coefficient (Wildman–Crippen LogP) is 1.37. The van der Waals surface area contributed by atoms with Crippen molar-refractivity contribution in [3.05, 3.63) is 29.6 Å². The van der Waals surface area contributed by atoms with Gasteiger partial charge in [0.05, 0.1) is 11.7 Å². The van der Waals surface area contributed by atoms with Gasteiger partial charge in [0.15, 0.2) is 0 Å². The van der Waals surface area contributed by atoms with Crippen LogP contribution >= 0.6 is 0 Å². The van der Waals surface area contributed by atoms with Gasteiger partial charge in [0, 0.05) is 25.5 Å². The molecule has 0 radical (unpaired) electrons. The summed E-state index contributed by atoms with van der Waals surface area (Å²) in [6, 6.07) is 1.61. The van der Waals surface area contributed by atoms with Crippen LogP contribution in [0.5, 0.6) is 0 Å². The second-order valence-corrected chi connectivity index (χ2v) is 4.53. The van der Waals surface area contributed by atoms with E-state index in [9.17, 15) is 9.90 Å². The monoisotopic (exact) mass is 252 g/mol. The molecule has 0 saturated heterocycles. The van der Waals surface area contributed by atoms with E-state index in [1.54, 1.807) is 12.3 Å². The zero-order chi connectivity index (χ0) is 13.5. The molecule has 1 heterocycles. The van der Waals surface area contributed by atoms with Crippen LogP contribution < -0.4 is 0 Å². The number of aliphatic hydroxyl groups is 1. The summed E-state index contributed by atoms with van der Waals surface area (Å²) in [4.78, 5) is 16.7. The Balaban J connectivity index is 2.56. The lowest BCUT2D eigenvalue weighted by molar-refractivity contribution is 0.0696. The maximum atomic E-state index is 10.8. The molecular weight excluding hydrogens is 232 g/mol. The van der Waals surface area contributed by atoms with Gasteiger partial charge in [0.2, 0.25) is 0 Å². The number of nitrogens with zero attached hydrogens (tertiary/aromatic N) is 2. The number of pyridine rings is 1. The zero-order valence-corrected chi connectivity index (χ0v) is 10.8. The number of carboxylic acid groups (broad SMARTS) is 1. The van der Waals surface area contributed by atoms with Crippen molar-refractivity contribution in [2.75, 3.05) is 13.6 Å². The molecule has 0 bridgehead atoms. The fraction of sp³-hybridized carbons (Fsp3) is 0.538. The first-order valence-corrected chi connectivity index (χ1v) is 6.06. The highest BCUT2D eigenvalue weighted by Gasteiger charge is 2.09. The first kappa shape index (κ1) is 14.6. The lowest BCUT2D eigenvalue weighted by Crippen LogP contribution is -2.28. The van der Waals surface area contributed by atoms with E-state index < -0.39 is 5.97 Å². The molecule has 1 rings (SSSR count). The lowest BCUT2D eigenvalue weighted by atomic mass is 10.1. The van der Waals surface area contributed by atoms with E-state index >= 15 is 0 Å². The number of aromatic nitrogens is 1. The van der Waals surface area contributed by atoms with Crippen LogP contribution in [-0.2, 0) is 6.54 Å². The molecule has 5 nitrogen and oxygen atoms in total. The zero-order valence-electron chi connectivity index (χ0n) is 10.8. The fourth-order valence-electron chi connectivity index (χ4n) is 1.85. The number of carboxylic acids is 1. The molecule has 2 N–H and O–H groups in total. The molecule has 0 spiro atoms. The van der Waals surface area contributed by atoms with Gasteiger partial charge in [-0.3, -0.25) is 9.88 Å². The van der Waals surface area contributed by atoms with Crippen molar-refractivity contribution in [1.82, 2.24) is 9.88 Å². The molecule has 0 amide bonds. The summed E-state index contributed by atoms with van der Waals surface area (Å²) >= 11 is 0. The second-order valence-electron chi connectivity index (χ2n) is 4.53. The van der Waals surface area contributed by atoms with Gasteiger partial charge in [0.1, 0.15) is 0 Å². The topological polar surface area (TPSA) is 73.7 Å². The van der Waals surface area contributed by atoms with Crippen molar-refractivity contribution < 1.29 is 15.0 Å². The average Bonchev–Trinajstić information content (AvgIpc) is 2.29. The number of likely N-dealkylation sites (N-methyl/N-ethyl adjacent to an activating group) is 1. The van der Waals surface area contributed by atoms with E-state index in [1.807, 2.05) is 18.9 Å². The molecule has 1 unspecified atom stereocenters. The Morgan fingerprint density at radius 2 is 2.22 bits per heavy atom. The molecule has 100 valence electrons. The maximum absolute atomic E-state index is 10.8. The Morgan fingerprint density at radius 1 is 1.50 bits per heavy atom. The minimum absolute atomic E-state index is 0.190. The molecule has 1 aromatic rings. The lowest BCUT2D eigenvalue weighted by Gasteiger charge is -2.20. The van der Waals surface area contributed by atoms with Gasteiger partial charge in [-0.05, 0) is 25.1 Å². The minimum Gasteiger partial charge on any atom is -0.478 e. The van der Waals surface area contributed by atoms with Gasteiger partial charge in [-0.15, -0.1) is 0 Å². The highest BCUT2D eigenvalue weighted by Crippen LogP contribution is 2.07. The van der Waals surface area contributed by atoms with Gasteiger partial charge in [-0.25, -0.2) is 4.79 Å². The van der Waals surface area contributed by atoms with E-state index in [1.165, 1.54) is 6.20 Å². The van der Waals surface area contributed by atoms with E-state index in [2.05, 4.69) is 4.98 Å². The molecule has 0 aromatic carbocycles. The van der Waals surface area contributed by atoms with E-state index in [-0.39, 0.29) is 11.7 Å². The summed E-state index contributed by atoms with van der Waals surface area (Å²) < 4.78 is 0. The SMILES string of the molecule is CCCC(O)CN(C)Cc1cncc(C(=O)O)c1. The Labute approximate surface area is 107 Å². The first-order valence-electron chi connectivity index (χ1n) is 6.06. The standard InChI is InChI=1S/C13H20N2O3/c1-3-4-12(16)9-15(2)8-10-5-11(13(17)18)7-14-6-10/h5-7,12,16H,3-4,8-9H2,1-2H3,(H,17,18). The van der Waals surface area contributed by atoms with Crippen LogP contribution in [0.25, 0.3) is 0 Å². The molecule has 0 aliphatic carbocycles. The third kappa shape index (κ3) is 4.81. The summed E-state index contributed by atoms with van der Waals surface area (Å²) in [6.45, 7) is 3.18. The van der Waals surface area contributed by atoms with Crippen LogP contribution in [-0.4, -0.2) is 45.8 Å². The molecule has 5 heteroatoms. The summed E-state index contributed by atoms with van der Waals surface area (Å²) in [5.74, 6) is -0.974. The predicted molar refractivity (Wildman–Crippen MR) is 68.4 cm³/mol. The molecular formula is C13H20N2O3. The van der Waals surface area contributed by atoms with E-state index in [0.29, 0.717) is 13.1 Å². The third-order valence-corrected chi connectivity index (χ3v) is 2.64. The Hall–Kier alpha value is -1.46. The number of aromatic carboxylic acids is 1. The average molecular weight is 252 g/mol. The summed E-state index contributed by atoms with van der Waals surface area (Å²) in [5, 5.41) is 18.6. The number of rotatable bonds is 7. The van der Waals surface area contributed by atoms with Crippen LogP contribution in [0, 0.1) is 0 Å². The quantitative estimate of drug-likeness (QED) is 0.766. The van der Waals surface area contributed by atoms with E-state index in [4.69, 9.17) is 5.11 Å². The normalized spacial score (nSPS) is 12.7. The largest absolute Gasteiger partial charge is 0.478 e. The van der Waals surface area contributed by atoms with Crippen molar-refractivity contribution in [3.63, 3.8) is 0 Å². The highest BCUT2D eigenvalue weighted by molar-refractivity contribution is 5.87. The number of carbonyl (C=O) groups is 1. The van der Waals surface area contributed by atoms with Crippen LogP contribution in [0.3, 0.4) is 0 Å². The van der Waals surface area contributed by atoms with Crippen molar-refractivity contribution in [1.29, 1.82) is 0 Å². The second kappa shape index (κ2) is 7.08. The smallest absolute Gasteiger partial charge is 0.337 e. The van der Waals surface area contributed by atoms with Crippen LogP contribution in [0.4, 0.5) is 0 Å². The molecule has 0 saturated carbocycles. The van der Waals surface area contributed by atoms with Crippen molar-refractivity contribution in [3.8, 4) is 0 Å². The van der Waals surface area contributed by atoms with Gasteiger partial charge >= 0.3 is 5.97 Å². The molecule has 1 atom stereocenters. The summed E-state index contributed by atoms with van der Waals surface area (Å²) in [7, 11) is 1.90. The molecule has 0 aliphatic rings. The Kier molecular flexibility index (Phi) is 5.74. The first-order chi connectivity index (χ1) is 8.52. The van der Waals surface area contributed by atoms with Crippen LogP contribution in [0.2, 0.25) is 0 Å². The maximum Gasteiger partial charge on any atom is 0.337 e. The van der Waals surface area contributed by atoms with Gasteiger partial charge in [-0.2, -0.15) is 0 Å². The molecule has 1 aromatic heterocycles. The number of hydrogen-bond donors (Lipinski definition) is 2. The van der Waals surface area contributed by atoms with Crippen molar-refractivity contribution in [2.24, 2.45) is 0 Å². The Morgan fingerprint density at radius 3 is 2.83 bits per heavy atom. The molecule has 0 fully saturated rings. The molecule has 18 heavy (non-hydrogen) atoms. The Bertz CT molecular complexity index is 396. The summed E-state index contributed by atoms with van der Waals surface area (Å²) in [6.07, 6.45) is 4.37. The highest BCUT2D eigenvalue weighted by atomic mass is 16.4. The van der Waals surface area contributed by atoms with Gasteiger partial charge in [0.25, 0.3) is 0 Å².